The van der Waals surface area contributed by atoms with Crippen LogP contribution in [0.5, 0.6) is 0 Å². The second-order valence-corrected chi connectivity index (χ2v) is 5.09. The van der Waals surface area contributed by atoms with Gasteiger partial charge >= 0.3 is 0 Å². The molecule has 0 aliphatic heterocycles. The van der Waals surface area contributed by atoms with Crippen molar-refractivity contribution < 1.29 is 4.39 Å². The van der Waals surface area contributed by atoms with Gasteiger partial charge in [-0.05, 0) is 45.8 Å². The lowest BCUT2D eigenvalue weighted by molar-refractivity contribution is 0.623. The Bertz CT molecular complexity index is 604. The fourth-order valence-corrected chi connectivity index (χ4v) is 2.43. The van der Waals surface area contributed by atoms with E-state index in [9.17, 15) is 4.39 Å². The number of hydrogen-bond donors (Lipinski definition) is 2. The summed E-state index contributed by atoms with van der Waals surface area (Å²) >= 11 is 8.01. The molecule has 98 valence electrons. The molecule has 3 N–H and O–H groups in total. The molecule has 0 spiro atoms. The van der Waals surface area contributed by atoms with Crippen LogP contribution in [0.15, 0.2) is 41.1 Å². The van der Waals surface area contributed by atoms with Crippen molar-refractivity contribution in [1.82, 2.24) is 4.98 Å². The van der Waals surface area contributed by atoms with Crippen LogP contribution < -0.4 is 11.1 Å². The molecule has 0 atom stereocenters. The maximum absolute atomic E-state index is 14.1. The van der Waals surface area contributed by atoms with Crippen molar-refractivity contribution >= 4 is 38.8 Å². The maximum atomic E-state index is 14.1. The summed E-state index contributed by atoms with van der Waals surface area (Å²) in [5.41, 5.74) is 7.40. The Kier molecular flexibility index (Phi) is 4.44. The normalized spacial score (nSPS) is 10.2. The van der Waals surface area contributed by atoms with Gasteiger partial charge in [0.1, 0.15) is 4.99 Å². The van der Waals surface area contributed by atoms with Crippen LogP contribution in [-0.2, 0) is 6.54 Å². The molecule has 0 fully saturated rings. The van der Waals surface area contributed by atoms with Crippen LogP contribution in [0.2, 0.25) is 0 Å². The Morgan fingerprint density at radius 1 is 1.32 bits per heavy atom. The van der Waals surface area contributed by atoms with E-state index in [1.54, 1.807) is 24.5 Å². The molecule has 0 bridgehead atoms. The summed E-state index contributed by atoms with van der Waals surface area (Å²) in [6.07, 6.45) is 3.39. The average molecular weight is 340 g/mol. The minimum absolute atomic E-state index is 0.159. The molecule has 0 aliphatic carbocycles. The third-order valence-corrected chi connectivity index (χ3v) is 3.58. The Labute approximate surface area is 124 Å². The molecule has 1 aromatic heterocycles. The standard InChI is InChI=1S/C13H11BrFN3S/c14-11-9(13(16)19)1-2-10(12(11)15)18-7-8-3-5-17-6-4-8/h1-6,18H,7H2,(H2,16,19). The van der Waals surface area contributed by atoms with E-state index in [-0.39, 0.29) is 9.46 Å². The lowest BCUT2D eigenvalue weighted by Crippen LogP contribution is -2.12. The molecule has 0 saturated heterocycles. The molecule has 1 aromatic carbocycles. The van der Waals surface area contributed by atoms with Gasteiger partial charge in [-0.2, -0.15) is 0 Å². The van der Waals surface area contributed by atoms with Gasteiger partial charge < -0.3 is 11.1 Å². The van der Waals surface area contributed by atoms with Crippen LogP contribution >= 0.6 is 28.1 Å². The molecule has 0 aliphatic rings. The summed E-state index contributed by atoms with van der Waals surface area (Å²) in [7, 11) is 0. The van der Waals surface area contributed by atoms with E-state index < -0.39 is 5.82 Å². The van der Waals surface area contributed by atoms with E-state index >= 15 is 0 Å². The van der Waals surface area contributed by atoms with E-state index in [1.807, 2.05) is 12.1 Å². The summed E-state index contributed by atoms with van der Waals surface area (Å²) in [6, 6.07) is 7.03. The van der Waals surface area contributed by atoms with Gasteiger partial charge in [-0.3, -0.25) is 4.98 Å². The van der Waals surface area contributed by atoms with Crippen LogP contribution in [-0.4, -0.2) is 9.97 Å². The van der Waals surface area contributed by atoms with Crippen molar-refractivity contribution in [2.75, 3.05) is 5.32 Å². The van der Waals surface area contributed by atoms with E-state index in [4.69, 9.17) is 18.0 Å². The summed E-state index contributed by atoms with van der Waals surface area (Å²) in [6.45, 7) is 0.512. The number of thiocarbonyl (C=S) groups is 1. The minimum atomic E-state index is -0.403. The number of aromatic nitrogens is 1. The summed E-state index contributed by atoms with van der Waals surface area (Å²) in [5, 5.41) is 3.02. The summed E-state index contributed by atoms with van der Waals surface area (Å²) in [5.74, 6) is -0.403. The van der Waals surface area contributed by atoms with E-state index in [0.717, 1.165) is 5.56 Å². The Hall–Kier alpha value is -1.53. The predicted molar refractivity (Wildman–Crippen MR) is 81.6 cm³/mol. The number of nitrogens with two attached hydrogens (primary N) is 1. The monoisotopic (exact) mass is 339 g/mol. The third-order valence-electron chi connectivity index (χ3n) is 2.58. The number of rotatable bonds is 4. The van der Waals surface area contributed by atoms with Gasteiger partial charge in [-0.15, -0.1) is 0 Å². The molecule has 2 aromatic rings. The number of nitrogens with zero attached hydrogens (tertiary/aromatic N) is 1. The Morgan fingerprint density at radius 3 is 2.63 bits per heavy atom. The number of anilines is 1. The van der Waals surface area contributed by atoms with Crippen molar-refractivity contribution in [3.63, 3.8) is 0 Å². The molecular formula is C13H11BrFN3S. The lowest BCUT2D eigenvalue weighted by atomic mass is 10.2. The summed E-state index contributed by atoms with van der Waals surface area (Å²) in [4.78, 5) is 4.08. The molecule has 19 heavy (non-hydrogen) atoms. The molecule has 0 radical (unpaired) electrons. The Balaban J connectivity index is 2.18. The fraction of sp³-hybridized carbons (Fsp3) is 0.0769. The number of halogens is 2. The van der Waals surface area contributed by atoms with Crippen LogP contribution in [0, 0.1) is 5.82 Å². The smallest absolute Gasteiger partial charge is 0.161 e. The van der Waals surface area contributed by atoms with Crippen molar-refractivity contribution in [1.29, 1.82) is 0 Å². The van der Waals surface area contributed by atoms with Gasteiger partial charge in [0.15, 0.2) is 5.82 Å². The van der Waals surface area contributed by atoms with Gasteiger partial charge in [0, 0.05) is 24.5 Å². The van der Waals surface area contributed by atoms with E-state index in [2.05, 4.69) is 26.2 Å². The second-order valence-electron chi connectivity index (χ2n) is 3.86. The Morgan fingerprint density at radius 2 is 2.00 bits per heavy atom. The number of benzene rings is 1. The SMILES string of the molecule is NC(=S)c1ccc(NCc2ccncc2)c(F)c1Br. The van der Waals surface area contributed by atoms with Crippen LogP contribution in [0.25, 0.3) is 0 Å². The van der Waals surface area contributed by atoms with Gasteiger partial charge in [0.2, 0.25) is 0 Å². The van der Waals surface area contributed by atoms with Crippen molar-refractivity contribution in [3.8, 4) is 0 Å². The predicted octanol–water partition coefficient (Wildman–Crippen LogP) is 3.23. The summed E-state index contributed by atoms with van der Waals surface area (Å²) < 4.78 is 14.4. The highest BCUT2D eigenvalue weighted by Crippen LogP contribution is 2.27. The van der Waals surface area contributed by atoms with Crippen LogP contribution in [0.4, 0.5) is 10.1 Å². The molecule has 3 nitrogen and oxygen atoms in total. The van der Waals surface area contributed by atoms with Crippen molar-refractivity contribution in [2.45, 2.75) is 6.54 Å². The van der Waals surface area contributed by atoms with Gasteiger partial charge in [-0.25, -0.2) is 4.39 Å². The number of hydrogen-bond acceptors (Lipinski definition) is 3. The second kappa shape index (κ2) is 6.08. The quantitative estimate of drug-likeness (QED) is 0.839. The number of pyridine rings is 1. The first-order valence-electron chi connectivity index (χ1n) is 5.50. The minimum Gasteiger partial charge on any atom is -0.389 e. The first kappa shape index (κ1) is 13.9. The first-order chi connectivity index (χ1) is 9.09. The zero-order chi connectivity index (χ0) is 13.8. The highest BCUT2D eigenvalue weighted by Gasteiger charge is 2.12. The molecule has 1 heterocycles. The molecule has 2 rings (SSSR count). The van der Waals surface area contributed by atoms with E-state index in [1.165, 1.54) is 0 Å². The molecule has 6 heteroatoms. The molecule has 0 amide bonds. The van der Waals surface area contributed by atoms with Gasteiger partial charge in [0.05, 0.1) is 10.2 Å². The fourth-order valence-electron chi connectivity index (χ4n) is 1.57. The van der Waals surface area contributed by atoms with Crippen LogP contribution in [0.3, 0.4) is 0 Å². The molecular weight excluding hydrogens is 329 g/mol. The lowest BCUT2D eigenvalue weighted by Gasteiger charge is -2.11. The van der Waals surface area contributed by atoms with Crippen LogP contribution in [0.1, 0.15) is 11.1 Å². The third kappa shape index (κ3) is 3.27. The van der Waals surface area contributed by atoms with Crippen molar-refractivity contribution in [3.05, 3.63) is 58.1 Å². The topological polar surface area (TPSA) is 50.9 Å². The first-order valence-corrected chi connectivity index (χ1v) is 6.70. The van der Waals surface area contributed by atoms with Crippen molar-refractivity contribution in [2.24, 2.45) is 5.73 Å². The van der Waals surface area contributed by atoms with Gasteiger partial charge in [-0.1, -0.05) is 12.2 Å². The number of nitrogens with one attached hydrogen (secondary N) is 1. The largest absolute Gasteiger partial charge is 0.389 e. The maximum Gasteiger partial charge on any atom is 0.161 e. The van der Waals surface area contributed by atoms with E-state index in [0.29, 0.717) is 17.8 Å². The highest BCUT2D eigenvalue weighted by molar-refractivity contribution is 9.10. The van der Waals surface area contributed by atoms with Gasteiger partial charge in [0.25, 0.3) is 0 Å². The molecule has 0 unspecified atom stereocenters. The zero-order valence-corrected chi connectivity index (χ0v) is 12.3. The zero-order valence-electron chi connectivity index (χ0n) is 9.86. The highest BCUT2D eigenvalue weighted by atomic mass is 79.9. The molecule has 0 saturated carbocycles. The average Bonchev–Trinajstić information content (AvgIpc) is 2.41.